The highest BCUT2D eigenvalue weighted by atomic mass is 16.5. The number of rotatable bonds is 7. The predicted octanol–water partition coefficient (Wildman–Crippen LogP) is 0.635. The molecule has 2 unspecified atom stereocenters. The van der Waals surface area contributed by atoms with Gasteiger partial charge in [0.15, 0.2) is 0 Å². The standard InChI is InChI=1S/C11H21NO4/c1-11(8-15-2,10(13)14)12-6-5-9-4-3-7-16-9/h9,12H,3-8H2,1-2H3,(H,13,14). The number of nitrogens with one attached hydrogen (secondary N) is 1. The van der Waals surface area contributed by atoms with Gasteiger partial charge in [0.1, 0.15) is 5.54 Å². The van der Waals surface area contributed by atoms with Crippen LogP contribution in [0.3, 0.4) is 0 Å². The maximum Gasteiger partial charge on any atom is 0.326 e. The molecule has 0 amide bonds. The van der Waals surface area contributed by atoms with Crippen LogP contribution in [0.15, 0.2) is 0 Å². The van der Waals surface area contributed by atoms with Gasteiger partial charge in [-0.15, -0.1) is 0 Å². The number of methoxy groups -OCH3 is 1. The van der Waals surface area contributed by atoms with E-state index in [0.717, 1.165) is 25.9 Å². The van der Waals surface area contributed by atoms with Gasteiger partial charge in [0.25, 0.3) is 0 Å². The lowest BCUT2D eigenvalue weighted by molar-refractivity contribution is -0.146. The predicted molar refractivity (Wildman–Crippen MR) is 59.5 cm³/mol. The minimum absolute atomic E-state index is 0.161. The SMILES string of the molecule is COCC(C)(NCCC1CCCO1)C(=O)O. The second-order valence-electron chi connectivity index (χ2n) is 4.42. The van der Waals surface area contributed by atoms with E-state index in [1.165, 1.54) is 7.11 Å². The summed E-state index contributed by atoms with van der Waals surface area (Å²) in [5.41, 5.74) is -1.01. The summed E-state index contributed by atoms with van der Waals surface area (Å²) in [6, 6.07) is 0. The molecule has 2 N–H and O–H groups in total. The Bertz CT molecular complexity index is 228. The molecule has 0 aromatic rings. The maximum atomic E-state index is 11.1. The molecule has 0 spiro atoms. The first-order valence-electron chi connectivity index (χ1n) is 5.67. The Labute approximate surface area is 96.1 Å². The van der Waals surface area contributed by atoms with E-state index in [2.05, 4.69) is 5.32 Å². The first-order chi connectivity index (χ1) is 7.58. The number of aliphatic carboxylic acids is 1. The van der Waals surface area contributed by atoms with Crippen LogP contribution in [-0.2, 0) is 14.3 Å². The van der Waals surface area contributed by atoms with Crippen molar-refractivity contribution in [1.82, 2.24) is 5.32 Å². The molecule has 1 saturated heterocycles. The highest BCUT2D eigenvalue weighted by molar-refractivity contribution is 5.78. The molecule has 0 aromatic heterocycles. The Kier molecular flexibility index (Phi) is 5.18. The molecule has 5 heteroatoms. The summed E-state index contributed by atoms with van der Waals surface area (Å²) in [5.74, 6) is -0.887. The fourth-order valence-corrected chi connectivity index (χ4v) is 1.86. The van der Waals surface area contributed by atoms with Crippen LogP contribution in [0, 0.1) is 0 Å². The fourth-order valence-electron chi connectivity index (χ4n) is 1.86. The summed E-state index contributed by atoms with van der Waals surface area (Å²) in [4.78, 5) is 11.1. The average molecular weight is 231 g/mol. The van der Waals surface area contributed by atoms with Crippen molar-refractivity contribution in [3.63, 3.8) is 0 Å². The lowest BCUT2D eigenvalue weighted by Crippen LogP contribution is -2.53. The van der Waals surface area contributed by atoms with E-state index in [1.54, 1.807) is 6.92 Å². The molecule has 1 heterocycles. The summed E-state index contributed by atoms with van der Waals surface area (Å²) >= 11 is 0. The number of ether oxygens (including phenoxy) is 2. The van der Waals surface area contributed by atoms with E-state index < -0.39 is 11.5 Å². The highest BCUT2D eigenvalue weighted by Gasteiger charge is 2.32. The van der Waals surface area contributed by atoms with Gasteiger partial charge in [-0.2, -0.15) is 0 Å². The molecule has 1 aliphatic rings. The number of hydrogen-bond donors (Lipinski definition) is 2. The van der Waals surface area contributed by atoms with Crippen LogP contribution in [0.4, 0.5) is 0 Å². The average Bonchev–Trinajstić information content (AvgIpc) is 2.70. The number of carbonyl (C=O) groups is 1. The van der Waals surface area contributed by atoms with Gasteiger partial charge in [0.05, 0.1) is 12.7 Å². The Morgan fingerprint density at radius 1 is 1.69 bits per heavy atom. The summed E-state index contributed by atoms with van der Waals surface area (Å²) in [6.07, 6.45) is 3.33. The number of carboxylic acid groups (broad SMARTS) is 1. The van der Waals surface area contributed by atoms with Crippen molar-refractivity contribution in [2.24, 2.45) is 0 Å². The zero-order valence-electron chi connectivity index (χ0n) is 9.99. The summed E-state index contributed by atoms with van der Waals surface area (Å²) in [7, 11) is 1.50. The van der Waals surface area contributed by atoms with E-state index >= 15 is 0 Å². The van der Waals surface area contributed by atoms with E-state index in [9.17, 15) is 4.79 Å². The Hall–Kier alpha value is -0.650. The molecule has 0 aliphatic carbocycles. The molecular weight excluding hydrogens is 210 g/mol. The van der Waals surface area contributed by atoms with Gasteiger partial charge in [-0.05, 0) is 32.7 Å². The maximum absolute atomic E-state index is 11.1. The molecule has 0 radical (unpaired) electrons. The molecule has 0 aromatic carbocycles. The normalized spacial score (nSPS) is 24.2. The third-order valence-corrected chi connectivity index (χ3v) is 2.91. The van der Waals surface area contributed by atoms with Crippen molar-refractivity contribution in [2.45, 2.75) is 37.8 Å². The van der Waals surface area contributed by atoms with Crippen LogP contribution >= 0.6 is 0 Å². The van der Waals surface area contributed by atoms with Crippen molar-refractivity contribution in [3.8, 4) is 0 Å². The van der Waals surface area contributed by atoms with Crippen LogP contribution in [0.2, 0.25) is 0 Å². The van der Waals surface area contributed by atoms with Crippen LogP contribution in [-0.4, -0.2) is 49.6 Å². The van der Waals surface area contributed by atoms with Gasteiger partial charge in [0, 0.05) is 13.7 Å². The van der Waals surface area contributed by atoms with E-state index in [0.29, 0.717) is 6.54 Å². The second-order valence-corrected chi connectivity index (χ2v) is 4.42. The molecule has 94 valence electrons. The summed E-state index contributed by atoms with van der Waals surface area (Å²) < 4.78 is 10.4. The topological polar surface area (TPSA) is 67.8 Å². The molecule has 1 aliphatic heterocycles. The Balaban J connectivity index is 2.29. The van der Waals surface area contributed by atoms with Crippen LogP contribution in [0.5, 0.6) is 0 Å². The van der Waals surface area contributed by atoms with Gasteiger partial charge in [-0.1, -0.05) is 0 Å². The zero-order chi connectivity index (χ0) is 12.0. The van der Waals surface area contributed by atoms with Crippen LogP contribution < -0.4 is 5.32 Å². The Morgan fingerprint density at radius 2 is 2.44 bits per heavy atom. The molecule has 2 atom stereocenters. The quantitative estimate of drug-likeness (QED) is 0.673. The summed E-state index contributed by atoms with van der Waals surface area (Å²) in [5, 5.41) is 12.1. The summed E-state index contributed by atoms with van der Waals surface area (Å²) in [6.45, 7) is 3.26. The van der Waals surface area contributed by atoms with E-state index in [4.69, 9.17) is 14.6 Å². The molecule has 0 saturated carbocycles. The number of carboxylic acids is 1. The molecule has 1 fully saturated rings. The van der Waals surface area contributed by atoms with Crippen molar-refractivity contribution in [1.29, 1.82) is 0 Å². The van der Waals surface area contributed by atoms with E-state index in [-0.39, 0.29) is 12.7 Å². The fraction of sp³-hybridized carbons (Fsp3) is 0.909. The first kappa shape index (κ1) is 13.4. The molecule has 5 nitrogen and oxygen atoms in total. The van der Waals surface area contributed by atoms with Crippen molar-refractivity contribution >= 4 is 5.97 Å². The lowest BCUT2D eigenvalue weighted by Gasteiger charge is -2.26. The largest absolute Gasteiger partial charge is 0.480 e. The second kappa shape index (κ2) is 6.18. The van der Waals surface area contributed by atoms with Crippen molar-refractivity contribution < 1.29 is 19.4 Å². The van der Waals surface area contributed by atoms with Gasteiger partial charge in [0.2, 0.25) is 0 Å². The van der Waals surface area contributed by atoms with Gasteiger partial charge >= 0.3 is 5.97 Å². The molecular formula is C11H21NO4. The molecule has 0 bridgehead atoms. The minimum atomic E-state index is -1.01. The minimum Gasteiger partial charge on any atom is -0.480 e. The monoisotopic (exact) mass is 231 g/mol. The lowest BCUT2D eigenvalue weighted by atomic mass is 10.0. The third kappa shape index (κ3) is 3.73. The first-order valence-corrected chi connectivity index (χ1v) is 5.67. The van der Waals surface area contributed by atoms with E-state index in [1.807, 2.05) is 0 Å². The van der Waals surface area contributed by atoms with Crippen LogP contribution in [0.1, 0.15) is 26.2 Å². The Morgan fingerprint density at radius 3 is 2.94 bits per heavy atom. The zero-order valence-corrected chi connectivity index (χ0v) is 9.99. The highest BCUT2D eigenvalue weighted by Crippen LogP contribution is 2.15. The number of hydrogen-bond acceptors (Lipinski definition) is 4. The molecule has 16 heavy (non-hydrogen) atoms. The molecule has 1 rings (SSSR count). The van der Waals surface area contributed by atoms with Crippen LogP contribution in [0.25, 0.3) is 0 Å². The smallest absolute Gasteiger partial charge is 0.326 e. The van der Waals surface area contributed by atoms with Gasteiger partial charge < -0.3 is 19.9 Å². The third-order valence-electron chi connectivity index (χ3n) is 2.91. The van der Waals surface area contributed by atoms with Gasteiger partial charge in [-0.25, -0.2) is 0 Å². The van der Waals surface area contributed by atoms with Gasteiger partial charge in [-0.3, -0.25) is 4.79 Å². The van der Waals surface area contributed by atoms with Crippen molar-refractivity contribution in [2.75, 3.05) is 26.9 Å². The van der Waals surface area contributed by atoms with Crippen molar-refractivity contribution in [3.05, 3.63) is 0 Å².